The molecule has 0 radical (unpaired) electrons. The van der Waals surface area contributed by atoms with Crippen LogP contribution in [0, 0.1) is 5.41 Å². The van der Waals surface area contributed by atoms with E-state index < -0.39 is 5.41 Å². The zero-order valence-electron chi connectivity index (χ0n) is 12.1. The fraction of sp³-hybridized carbons (Fsp3) is 0.500. The van der Waals surface area contributed by atoms with Crippen LogP contribution >= 0.6 is 0 Å². The van der Waals surface area contributed by atoms with Crippen LogP contribution in [0.15, 0.2) is 24.3 Å². The van der Waals surface area contributed by atoms with Gasteiger partial charge in [-0.3, -0.25) is 10.2 Å². The topological polar surface area (TPSA) is 67.6 Å². The molecular weight excluding hydrogens is 242 g/mol. The molecule has 0 aliphatic heterocycles. The van der Waals surface area contributed by atoms with Crippen LogP contribution in [0.2, 0.25) is 0 Å². The summed E-state index contributed by atoms with van der Waals surface area (Å²) in [5.41, 5.74) is 2.76. The van der Waals surface area contributed by atoms with Crippen LogP contribution in [0.5, 0.6) is 5.75 Å². The number of hydrogen-bond acceptors (Lipinski definition) is 4. The molecule has 0 bridgehead atoms. The van der Waals surface area contributed by atoms with E-state index in [2.05, 4.69) is 10.3 Å². The van der Waals surface area contributed by atoms with Crippen molar-refractivity contribution in [3.05, 3.63) is 29.8 Å². The molecule has 1 aromatic rings. The fourth-order valence-electron chi connectivity index (χ4n) is 2.12. The van der Waals surface area contributed by atoms with E-state index in [1.807, 2.05) is 45.2 Å². The van der Waals surface area contributed by atoms with Gasteiger partial charge in [-0.25, -0.2) is 5.84 Å². The zero-order chi connectivity index (χ0) is 14.5. The highest BCUT2D eigenvalue weighted by molar-refractivity contribution is 5.81. The second-order valence-electron chi connectivity index (χ2n) is 5.34. The number of amides is 1. The Balaban J connectivity index is 2.70. The second-order valence-corrected chi connectivity index (χ2v) is 5.34. The summed E-state index contributed by atoms with van der Waals surface area (Å²) < 4.78 is 5.32. The molecule has 0 atom stereocenters. The van der Waals surface area contributed by atoms with Crippen molar-refractivity contribution in [2.75, 3.05) is 20.7 Å². The van der Waals surface area contributed by atoms with E-state index in [9.17, 15) is 4.79 Å². The van der Waals surface area contributed by atoms with Gasteiger partial charge in [0.2, 0.25) is 5.91 Å². The number of hydrogen-bond donors (Lipinski definition) is 2. The number of benzene rings is 1. The molecule has 5 nitrogen and oxygen atoms in total. The minimum Gasteiger partial charge on any atom is -0.496 e. The van der Waals surface area contributed by atoms with Crippen LogP contribution in [0.3, 0.4) is 0 Å². The highest BCUT2D eigenvalue weighted by Gasteiger charge is 2.28. The van der Waals surface area contributed by atoms with Gasteiger partial charge in [0, 0.05) is 18.7 Å². The molecule has 0 aliphatic rings. The maximum atomic E-state index is 11.7. The molecule has 0 heterocycles. The Morgan fingerprint density at radius 1 is 1.42 bits per heavy atom. The molecule has 1 rings (SSSR count). The smallest absolute Gasteiger partial charge is 0.240 e. The standard InChI is InChI=1S/C14H23N3O2/c1-14(2,13(18)16-15)10-17(3)9-11-7-5-6-8-12(11)19-4/h5-8H,9-10,15H2,1-4H3,(H,16,18). The summed E-state index contributed by atoms with van der Waals surface area (Å²) in [7, 11) is 3.63. The van der Waals surface area contributed by atoms with Crippen molar-refractivity contribution < 1.29 is 9.53 Å². The first-order chi connectivity index (χ1) is 8.90. The van der Waals surface area contributed by atoms with Crippen molar-refractivity contribution in [1.29, 1.82) is 0 Å². The summed E-state index contributed by atoms with van der Waals surface area (Å²) in [5, 5.41) is 0. The molecule has 19 heavy (non-hydrogen) atoms. The van der Waals surface area contributed by atoms with E-state index in [1.54, 1.807) is 7.11 Å². The van der Waals surface area contributed by atoms with Crippen molar-refractivity contribution >= 4 is 5.91 Å². The Labute approximate surface area is 114 Å². The minimum absolute atomic E-state index is 0.167. The van der Waals surface area contributed by atoms with E-state index in [0.717, 1.165) is 11.3 Å². The van der Waals surface area contributed by atoms with Crippen molar-refractivity contribution in [1.82, 2.24) is 10.3 Å². The molecule has 0 spiro atoms. The summed E-state index contributed by atoms with van der Waals surface area (Å²) in [6.07, 6.45) is 0. The molecule has 0 saturated heterocycles. The average molecular weight is 265 g/mol. The predicted octanol–water partition coefficient (Wildman–Crippen LogP) is 1.14. The zero-order valence-corrected chi connectivity index (χ0v) is 12.1. The van der Waals surface area contributed by atoms with Crippen LogP contribution in [-0.4, -0.2) is 31.5 Å². The molecule has 0 aromatic heterocycles. The van der Waals surface area contributed by atoms with Crippen LogP contribution in [-0.2, 0) is 11.3 Å². The lowest BCUT2D eigenvalue weighted by atomic mass is 9.92. The largest absolute Gasteiger partial charge is 0.496 e. The van der Waals surface area contributed by atoms with Gasteiger partial charge >= 0.3 is 0 Å². The van der Waals surface area contributed by atoms with Gasteiger partial charge in [-0.1, -0.05) is 18.2 Å². The number of nitrogens with zero attached hydrogens (tertiary/aromatic N) is 1. The Kier molecular flexibility index (Phi) is 5.32. The number of para-hydroxylation sites is 1. The van der Waals surface area contributed by atoms with E-state index >= 15 is 0 Å². The van der Waals surface area contributed by atoms with Gasteiger partial charge in [0.05, 0.1) is 12.5 Å². The lowest BCUT2D eigenvalue weighted by molar-refractivity contribution is -0.130. The van der Waals surface area contributed by atoms with E-state index in [-0.39, 0.29) is 5.91 Å². The minimum atomic E-state index is -0.536. The van der Waals surface area contributed by atoms with Gasteiger partial charge in [0.25, 0.3) is 0 Å². The number of hydrazine groups is 1. The predicted molar refractivity (Wildman–Crippen MR) is 75.4 cm³/mol. The maximum absolute atomic E-state index is 11.7. The monoisotopic (exact) mass is 265 g/mol. The Morgan fingerprint density at radius 3 is 2.63 bits per heavy atom. The summed E-state index contributed by atoms with van der Waals surface area (Å²) in [6, 6.07) is 7.86. The van der Waals surface area contributed by atoms with Gasteiger partial charge < -0.3 is 9.64 Å². The fourth-order valence-corrected chi connectivity index (χ4v) is 2.12. The number of nitrogens with one attached hydrogen (secondary N) is 1. The third-order valence-electron chi connectivity index (χ3n) is 3.04. The normalized spacial score (nSPS) is 11.5. The van der Waals surface area contributed by atoms with Crippen LogP contribution in [0.1, 0.15) is 19.4 Å². The number of carbonyl (C=O) groups excluding carboxylic acids is 1. The number of carbonyl (C=O) groups is 1. The lowest BCUT2D eigenvalue weighted by Gasteiger charge is -2.28. The highest BCUT2D eigenvalue weighted by Crippen LogP contribution is 2.21. The molecule has 106 valence electrons. The van der Waals surface area contributed by atoms with Gasteiger partial charge in [-0.15, -0.1) is 0 Å². The quantitative estimate of drug-likeness (QED) is 0.460. The van der Waals surface area contributed by atoms with E-state index in [4.69, 9.17) is 10.6 Å². The summed E-state index contributed by atoms with van der Waals surface area (Å²) >= 11 is 0. The molecule has 0 aliphatic carbocycles. The van der Waals surface area contributed by atoms with Crippen LogP contribution in [0.25, 0.3) is 0 Å². The van der Waals surface area contributed by atoms with Crippen molar-refractivity contribution in [3.8, 4) is 5.75 Å². The molecule has 5 heteroatoms. The maximum Gasteiger partial charge on any atom is 0.240 e. The van der Waals surface area contributed by atoms with Crippen LogP contribution in [0.4, 0.5) is 0 Å². The Hall–Kier alpha value is -1.59. The summed E-state index contributed by atoms with van der Waals surface area (Å²) in [5.74, 6) is 5.88. The lowest BCUT2D eigenvalue weighted by Crippen LogP contribution is -2.46. The average Bonchev–Trinajstić information content (AvgIpc) is 2.37. The Bertz CT molecular complexity index is 432. The van der Waals surface area contributed by atoms with Crippen LogP contribution < -0.4 is 16.0 Å². The summed E-state index contributed by atoms with van der Waals surface area (Å²) in [4.78, 5) is 13.7. The molecule has 0 unspecified atom stereocenters. The number of ether oxygens (including phenoxy) is 1. The van der Waals surface area contributed by atoms with Crippen molar-refractivity contribution in [3.63, 3.8) is 0 Å². The highest BCUT2D eigenvalue weighted by atomic mass is 16.5. The van der Waals surface area contributed by atoms with Crippen molar-refractivity contribution in [2.45, 2.75) is 20.4 Å². The van der Waals surface area contributed by atoms with Gasteiger partial charge in [-0.2, -0.15) is 0 Å². The van der Waals surface area contributed by atoms with Gasteiger partial charge in [0.15, 0.2) is 0 Å². The van der Waals surface area contributed by atoms with Gasteiger partial charge in [0.1, 0.15) is 5.75 Å². The number of rotatable bonds is 6. The Morgan fingerprint density at radius 2 is 2.05 bits per heavy atom. The number of nitrogens with two attached hydrogens (primary N) is 1. The molecule has 0 saturated carbocycles. The molecule has 1 aromatic carbocycles. The molecule has 1 amide bonds. The van der Waals surface area contributed by atoms with E-state index in [0.29, 0.717) is 13.1 Å². The summed E-state index contributed by atoms with van der Waals surface area (Å²) in [6.45, 7) is 5.06. The van der Waals surface area contributed by atoms with Gasteiger partial charge in [-0.05, 0) is 27.0 Å². The molecular formula is C14H23N3O2. The SMILES string of the molecule is COc1ccccc1CN(C)CC(C)(C)C(=O)NN. The first-order valence-electron chi connectivity index (χ1n) is 6.22. The first kappa shape index (κ1) is 15.5. The molecule has 0 fully saturated rings. The van der Waals surface area contributed by atoms with E-state index in [1.165, 1.54) is 0 Å². The molecule has 3 N–H and O–H groups in total. The third kappa shape index (κ3) is 4.22. The first-order valence-corrected chi connectivity index (χ1v) is 6.22. The second kappa shape index (κ2) is 6.54. The third-order valence-corrected chi connectivity index (χ3v) is 3.04. The van der Waals surface area contributed by atoms with Crippen molar-refractivity contribution in [2.24, 2.45) is 11.3 Å². The number of methoxy groups -OCH3 is 1.